The number of hydrogen-bond acceptors (Lipinski definition) is 3. The molecule has 0 aliphatic rings. The molecule has 0 radical (unpaired) electrons. The van der Waals surface area contributed by atoms with Crippen LogP contribution in [0.4, 0.5) is 11.5 Å². The Balaban J connectivity index is 1.51. The van der Waals surface area contributed by atoms with E-state index in [2.05, 4.69) is 15.6 Å². The summed E-state index contributed by atoms with van der Waals surface area (Å²) < 4.78 is 0. The lowest BCUT2D eigenvalue weighted by molar-refractivity contribution is 0.102. The number of carbonyl (C=O) groups excluding carboxylic acids is 1. The smallest absolute Gasteiger partial charge is 0.257 e. The van der Waals surface area contributed by atoms with E-state index in [4.69, 9.17) is 11.6 Å². The van der Waals surface area contributed by atoms with E-state index < -0.39 is 0 Å². The van der Waals surface area contributed by atoms with Crippen LogP contribution >= 0.6 is 11.6 Å². The second kappa shape index (κ2) is 8.50. The molecule has 0 aliphatic carbocycles. The second-order valence-electron chi connectivity index (χ2n) is 6.06. The molecule has 0 bridgehead atoms. The Kier molecular flexibility index (Phi) is 5.87. The van der Waals surface area contributed by atoms with Crippen molar-refractivity contribution in [3.8, 4) is 0 Å². The highest BCUT2D eigenvalue weighted by molar-refractivity contribution is 6.30. The third-order valence-electron chi connectivity index (χ3n) is 3.97. The second-order valence-corrected chi connectivity index (χ2v) is 6.49. The molecule has 2 N–H and O–H groups in total. The molecule has 4 nitrogen and oxygen atoms in total. The van der Waals surface area contributed by atoms with Gasteiger partial charge in [0.1, 0.15) is 5.82 Å². The first kappa shape index (κ1) is 18.0. The van der Waals surface area contributed by atoms with E-state index in [1.165, 1.54) is 5.56 Å². The molecule has 0 saturated carbocycles. The molecular weight excluding hydrogens is 346 g/mol. The number of aromatic nitrogens is 1. The predicted molar refractivity (Wildman–Crippen MR) is 107 cm³/mol. The van der Waals surface area contributed by atoms with Crippen LogP contribution in [0.25, 0.3) is 0 Å². The van der Waals surface area contributed by atoms with Gasteiger partial charge in [0, 0.05) is 23.5 Å². The monoisotopic (exact) mass is 365 g/mol. The molecule has 3 aromatic rings. The SMILES string of the molecule is Cc1ccc(NC(=O)c2ccc(NCCc3ccc(Cl)cc3)nc2)cc1. The third-order valence-corrected chi connectivity index (χ3v) is 4.22. The number of carbonyl (C=O) groups is 1. The molecule has 1 heterocycles. The van der Waals surface area contributed by atoms with Crippen molar-refractivity contribution < 1.29 is 4.79 Å². The fourth-order valence-corrected chi connectivity index (χ4v) is 2.58. The molecule has 0 saturated heterocycles. The maximum absolute atomic E-state index is 12.3. The zero-order valence-electron chi connectivity index (χ0n) is 14.5. The van der Waals surface area contributed by atoms with Crippen molar-refractivity contribution >= 4 is 29.0 Å². The van der Waals surface area contributed by atoms with E-state index in [1.54, 1.807) is 12.3 Å². The van der Waals surface area contributed by atoms with Crippen LogP contribution in [0.15, 0.2) is 66.9 Å². The summed E-state index contributed by atoms with van der Waals surface area (Å²) in [7, 11) is 0. The average Bonchev–Trinajstić information content (AvgIpc) is 2.66. The topological polar surface area (TPSA) is 54.0 Å². The molecule has 1 amide bonds. The Morgan fingerprint density at radius 2 is 1.73 bits per heavy atom. The molecule has 3 rings (SSSR count). The summed E-state index contributed by atoms with van der Waals surface area (Å²) in [6, 6.07) is 19.1. The zero-order chi connectivity index (χ0) is 18.4. The first-order valence-electron chi connectivity index (χ1n) is 8.42. The Labute approximate surface area is 158 Å². The fourth-order valence-electron chi connectivity index (χ4n) is 2.46. The van der Waals surface area contributed by atoms with Crippen LogP contribution in [0.2, 0.25) is 5.02 Å². The van der Waals surface area contributed by atoms with E-state index in [0.717, 1.165) is 35.1 Å². The van der Waals surface area contributed by atoms with Gasteiger partial charge in [-0.05, 0) is 55.3 Å². The molecule has 0 atom stereocenters. The summed E-state index contributed by atoms with van der Waals surface area (Å²) in [5.74, 6) is 0.569. The number of rotatable bonds is 6. The van der Waals surface area contributed by atoms with E-state index in [0.29, 0.717) is 5.56 Å². The molecule has 0 aliphatic heterocycles. The highest BCUT2D eigenvalue weighted by Crippen LogP contribution is 2.13. The summed E-state index contributed by atoms with van der Waals surface area (Å²) in [6.07, 6.45) is 2.45. The minimum atomic E-state index is -0.172. The Hall–Kier alpha value is -2.85. The van der Waals surface area contributed by atoms with Crippen molar-refractivity contribution in [2.75, 3.05) is 17.2 Å². The standard InChI is InChI=1S/C21H20ClN3O/c1-15-2-9-19(10-3-15)25-21(26)17-6-11-20(24-14-17)23-13-12-16-4-7-18(22)8-5-16/h2-11,14H,12-13H2,1H3,(H,23,24)(H,25,26). The molecule has 2 aromatic carbocycles. The summed E-state index contributed by atoms with van der Waals surface area (Å²) >= 11 is 5.88. The lowest BCUT2D eigenvalue weighted by Crippen LogP contribution is -2.13. The molecular formula is C21H20ClN3O. The van der Waals surface area contributed by atoms with Gasteiger partial charge in [-0.3, -0.25) is 4.79 Å². The van der Waals surface area contributed by atoms with Gasteiger partial charge in [-0.2, -0.15) is 0 Å². The van der Waals surface area contributed by atoms with Crippen molar-refractivity contribution in [1.29, 1.82) is 0 Å². The van der Waals surface area contributed by atoms with E-state index in [9.17, 15) is 4.79 Å². The third kappa shape index (κ3) is 5.07. The van der Waals surface area contributed by atoms with Crippen LogP contribution in [0.3, 0.4) is 0 Å². The van der Waals surface area contributed by atoms with Crippen molar-refractivity contribution in [3.63, 3.8) is 0 Å². The number of nitrogens with zero attached hydrogens (tertiary/aromatic N) is 1. The lowest BCUT2D eigenvalue weighted by atomic mass is 10.1. The number of nitrogens with one attached hydrogen (secondary N) is 2. The predicted octanol–water partition coefficient (Wildman–Crippen LogP) is 4.95. The van der Waals surface area contributed by atoms with E-state index in [-0.39, 0.29) is 5.91 Å². The van der Waals surface area contributed by atoms with Crippen LogP contribution in [0, 0.1) is 6.92 Å². The Bertz CT molecular complexity index is 859. The van der Waals surface area contributed by atoms with Crippen molar-refractivity contribution in [2.24, 2.45) is 0 Å². The quantitative estimate of drug-likeness (QED) is 0.649. The summed E-state index contributed by atoms with van der Waals surface area (Å²) in [6.45, 7) is 2.76. The van der Waals surface area contributed by atoms with Crippen LogP contribution in [-0.4, -0.2) is 17.4 Å². The first-order chi connectivity index (χ1) is 12.6. The summed E-state index contributed by atoms with van der Waals surface area (Å²) in [5.41, 5.74) is 3.65. The van der Waals surface area contributed by atoms with Gasteiger partial charge >= 0.3 is 0 Å². The summed E-state index contributed by atoms with van der Waals surface area (Å²) in [4.78, 5) is 16.6. The number of anilines is 2. The number of amides is 1. The van der Waals surface area contributed by atoms with Crippen LogP contribution < -0.4 is 10.6 Å². The molecule has 0 spiro atoms. The number of halogens is 1. The van der Waals surface area contributed by atoms with Crippen molar-refractivity contribution in [3.05, 3.63) is 88.6 Å². The van der Waals surface area contributed by atoms with Gasteiger partial charge in [0.05, 0.1) is 5.56 Å². The molecule has 132 valence electrons. The van der Waals surface area contributed by atoms with Crippen LogP contribution in [0.5, 0.6) is 0 Å². The number of pyridine rings is 1. The van der Waals surface area contributed by atoms with E-state index >= 15 is 0 Å². The van der Waals surface area contributed by atoms with Crippen molar-refractivity contribution in [2.45, 2.75) is 13.3 Å². The first-order valence-corrected chi connectivity index (χ1v) is 8.80. The normalized spacial score (nSPS) is 10.4. The highest BCUT2D eigenvalue weighted by atomic mass is 35.5. The molecule has 1 aromatic heterocycles. The Morgan fingerprint density at radius 3 is 2.38 bits per heavy atom. The minimum absolute atomic E-state index is 0.172. The van der Waals surface area contributed by atoms with Crippen LogP contribution in [-0.2, 0) is 6.42 Å². The van der Waals surface area contributed by atoms with Gasteiger partial charge < -0.3 is 10.6 Å². The molecule has 0 unspecified atom stereocenters. The summed E-state index contributed by atoms with van der Waals surface area (Å²) in [5, 5.41) is 6.86. The number of aryl methyl sites for hydroxylation is 1. The van der Waals surface area contributed by atoms with Crippen molar-refractivity contribution in [1.82, 2.24) is 4.98 Å². The number of benzene rings is 2. The van der Waals surface area contributed by atoms with Gasteiger partial charge in [-0.1, -0.05) is 41.4 Å². The minimum Gasteiger partial charge on any atom is -0.370 e. The van der Waals surface area contributed by atoms with Gasteiger partial charge in [-0.15, -0.1) is 0 Å². The van der Waals surface area contributed by atoms with Gasteiger partial charge in [0.15, 0.2) is 0 Å². The highest BCUT2D eigenvalue weighted by Gasteiger charge is 2.06. The van der Waals surface area contributed by atoms with E-state index in [1.807, 2.05) is 61.5 Å². The maximum atomic E-state index is 12.3. The van der Waals surface area contributed by atoms with Gasteiger partial charge in [0.2, 0.25) is 0 Å². The average molecular weight is 366 g/mol. The zero-order valence-corrected chi connectivity index (χ0v) is 15.3. The maximum Gasteiger partial charge on any atom is 0.257 e. The molecule has 5 heteroatoms. The lowest BCUT2D eigenvalue weighted by Gasteiger charge is -2.08. The molecule has 0 fully saturated rings. The molecule has 26 heavy (non-hydrogen) atoms. The van der Waals surface area contributed by atoms with Gasteiger partial charge in [-0.25, -0.2) is 4.98 Å². The largest absolute Gasteiger partial charge is 0.370 e. The van der Waals surface area contributed by atoms with Gasteiger partial charge in [0.25, 0.3) is 5.91 Å². The fraction of sp³-hybridized carbons (Fsp3) is 0.143. The van der Waals surface area contributed by atoms with Crippen LogP contribution in [0.1, 0.15) is 21.5 Å². The number of hydrogen-bond donors (Lipinski definition) is 2. The Morgan fingerprint density at radius 1 is 1.00 bits per heavy atom.